The van der Waals surface area contributed by atoms with E-state index in [4.69, 9.17) is 9.47 Å². The van der Waals surface area contributed by atoms with Gasteiger partial charge in [-0.15, -0.1) is 0 Å². The quantitative estimate of drug-likeness (QED) is 0.558. The molecule has 1 rings (SSSR count). The van der Waals surface area contributed by atoms with Gasteiger partial charge in [-0.2, -0.15) is 0 Å². The van der Waals surface area contributed by atoms with E-state index in [0.29, 0.717) is 25.5 Å². The summed E-state index contributed by atoms with van der Waals surface area (Å²) in [5.41, 5.74) is 0.436. The third-order valence-electron chi connectivity index (χ3n) is 3.13. The van der Waals surface area contributed by atoms with Crippen LogP contribution in [0.25, 0.3) is 0 Å². The number of para-hydroxylation sites is 1. The Morgan fingerprint density at radius 2 is 2.00 bits per heavy atom. The van der Waals surface area contributed by atoms with Crippen molar-refractivity contribution in [1.82, 2.24) is 0 Å². The van der Waals surface area contributed by atoms with Crippen molar-refractivity contribution < 1.29 is 14.4 Å². The van der Waals surface area contributed by atoms with Crippen LogP contribution >= 0.6 is 0 Å². The van der Waals surface area contributed by atoms with Gasteiger partial charge in [-0.1, -0.05) is 19.9 Å². The molecule has 0 aliphatic carbocycles. The molecule has 1 N–H and O–H groups in total. The van der Waals surface area contributed by atoms with E-state index in [9.17, 15) is 10.1 Å². The Hall–Kier alpha value is -1.82. The minimum atomic E-state index is -0.411. The summed E-state index contributed by atoms with van der Waals surface area (Å²) in [5.74, 6) is 0.568. The van der Waals surface area contributed by atoms with Crippen molar-refractivity contribution in [2.45, 2.75) is 33.7 Å². The molecule has 0 saturated carbocycles. The predicted molar refractivity (Wildman–Crippen MR) is 83.0 cm³/mol. The van der Waals surface area contributed by atoms with Gasteiger partial charge in [-0.3, -0.25) is 10.1 Å². The van der Waals surface area contributed by atoms with Gasteiger partial charge in [0.25, 0.3) is 0 Å². The smallest absolute Gasteiger partial charge is 0.333 e. The van der Waals surface area contributed by atoms with E-state index in [2.05, 4.69) is 19.2 Å². The molecule has 118 valence electrons. The Morgan fingerprint density at radius 3 is 2.52 bits per heavy atom. The molecular formula is C15H24N2O4. The summed E-state index contributed by atoms with van der Waals surface area (Å²) >= 11 is 0. The fraction of sp³-hybridized carbons (Fsp3) is 0.600. The number of rotatable bonds is 9. The van der Waals surface area contributed by atoms with E-state index in [0.717, 1.165) is 0 Å². The number of nitro benzene ring substituents is 1. The molecule has 1 aromatic carbocycles. The average molecular weight is 296 g/mol. The molecule has 0 aliphatic heterocycles. The zero-order valence-corrected chi connectivity index (χ0v) is 13.1. The van der Waals surface area contributed by atoms with E-state index in [1.807, 2.05) is 6.92 Å². The topological polar surface area (TPSA) is 73.6 Å². The Bertz CT molecular complexity index is 463. The highest BCUT2D eigenvalue weighted by Gasteiger charge is 2.24. The molecule has 1 atom stereocenters. The lowest BCUT2D eigenvalue weighted by atomic mass is 10.0. The van der Waals surface area contributed by atoms with Crippen LogP contribution in [0.3, 0.4) is 0 Å². The van der Waals surface area contributed by atoms with Crippen LogP contribution in [0.5, 0.6) is 5.75 Å². The molecule has 6 nitrogen and oxygen atoms in total. The minimum absolute atomic E-state index is 0.000488. The van der Waals surface area contributed by atoms with Crippen molar-refractivity contribution in [3.63, 3.8) is 0 Å². The minimum Gasteiger partial charge on any atom is -0.487 e. The van der Waals surface area contributed by atoms with E-state index in [-0.39, 0.29) is 23.4 Å². The lowest BCUT2D eigenvalue weighted by molar-refractivity contribution is -0.385. The van der Waals surface area contributed by atoms with E-state index >= 15 is 0 Å². The average Bonchev–Trinajstić information content (AvgIpc) is 2.43. The van der Waals surface area contributed by atoms with Crippen LogP contribution in [0, 0.1) is 16.0 Å². The van der Waals surface area contributed by atoms with Crippen LogP contribution in [0.15, 0.2) is 18.2 Å². The maximum Gasteiger partial charge on any atom is 0.333 e. The number of ether oxygens (including phenoxy) is 2. The Balaban J connectivity index is 3.04. The molecule has 0 saturated heterocycles. The van der Waals surface area contributed by atoms with E-state index < -0.39 is 4.92 Å². The molecular weight excluding hydrogens is 272 g/mol. The van der Waals surface area contributed by atoms with Crippen LogP contribution in [0.4, 0.5) is 11.4 Å². The van der Waals surface area contributed by atoms with Crippen LogP contribution in [-0.4, -0.2) is 30.8 Å². The number of benzene rings is 1. The van der Waals surface area contributed by atoms with Crippen molar-refractivity contribution in [3.8, 4) is 5.75 Å². The van der Waals surface area contributed by atoms with Gasteiger partial charge in [0.05, 0.1) is 24.2 Å². The molecule has 1 aromatic rings. The molecule has 0 aromatic heterocycles. The van der Waals surface area contributed by atoms with Crippen molar-refractivity contribution in [3.05, 3.63) is 28.3 Å². The highest BCUT2D eigenvalue weighted by atomic mass is 16.6. The molecule has 0 radical (unpaired) electrons. The SMILES string of the molecule is CCOCC(Nc1cccc(OCC)c1[N+](=O)[O-])C(C)C. The summed E-state index contributed by atoms with van der Waals surface area (Å²) in [4.78, 5) is 10.9. The fourth-order valence-electron chi connectivity index (χ4n) is 1.94. The predicted octanol–water partition coefficient (Wildman–Crippen LogP) is 3.47. The van der Waals surface area contributed by atoms with Crippen molar-refractivity contribution in [2.75, 3.05) is 25.1 Å². The van der Waals surface area contributed by atoms with Gasteiger partial charge >= 0.3 is 5.69 Å². The van der Waals surface area contributed by atoms with Crippen molar-refractivity contribution in [2.24, 2.45) is 5.92 Å². The summed E-state index contributed by atoms with van der Waals surface area (Å²) < 4.78 is 10.8. The summed E-state index contributed by atoms with van der Waals surface area (Å²) in [7, 11) is 0. The first-order valence-corrected chi connectivity index (χ1v) is 7.25. The Kier molecular flexibility index (Phi) is 6.94. The van der Waals surface area contributed by atoms with Crippen molar-refractivity contribution >= 4 is 11.4 Å². The number of nitro groups is 1. The molecule has 0 amide bonds. The van der Waals surface area contributed by atoms with E-state index in [1.165, 1.54) is 0 Å². The Labute approximate surface area is 125 Å². The highest BCUT2D eigenvalue weighted by molar-refractivity contribution is 5.68. The number of nitrogens with one attached hydrogen (secondary N) is 1. The molecule has 0 aliphatic rings. The first-order valence-electron chi connectivity index (χ1n) is 7.25. The van der Waals surface area contributed by atoms with Gasteiger partial charge in [0.2, 0.25) is 0 Å². The number of hydrogen-bond donors (Lipinski definition) is 1. The maximum absolute atomic E-state index is 11.3. The molecule has 21 heavy (non-hydrogen) atoms. The number of anilines is 1. The van der Waals surface area contributed by atoms with Crippen molar-refractivity contribution in [1.29, 1.82) is 0 Å². The standard InChI is InChI=1S/C15H24N2O4/c1-5-20-10-13(11(3)4)16-12-8-7-9-14(21-6-2)15(12)17(18)19/h7-9,11,13,16H,5-6,10H2,1-4H3. The van der Waals surface area contributed by atoms with Gasteiger partial charge in [0.1, 0.15) is 5.69 Å². The molecule has 1 unspecified atom stereocenters. The third kappa shape index (κ3) is 4.90. The zero-order valence-electron chi connectivity index (χ0n) is 13.1. The highest BCUT2D eigenvalue weighted by Crippen LogP contribution is 2.35. The third-order valence-corrected chi connectivity index (χ3v) is 3.13. The number of nitrogens with zero attached hydrogens (tertiary/aromatic N) is 1. The van der Waals surface area contributed by atoms with Gasteiger partial charge in [0.15, 0.2) is 5.75 Å². The second kappa shape index (κ2) is 8.46. The second-order valence-electron chi connectivity index (χ2n) is 5.00. The lowest BCUT2D eigenvalue weighted by Crippen LogP contribution is -2.31. The first kappa shape index (κ1) is 17.2. The van der Waals surface area contributed by atoms with Crippen LogP contribution in [0.1, 0.15) is 27.7 Å². The fourth-order valence-corrected chi connectivity index (χ4v) is 1.94. The molecule has 0 bridgehead atoms. The van der Waals surface area contributed by atoms with Gasteiger partial charge in [-0.25, -0.2) is 0 Å². The summed E-state index contributed by atoms with van der Waals surface area (Å²) in [6.45, 7) is 9.34. The monoisotopic (exact) mass is 296 g/mol. The molecule has 0 spiro atoms. The largest absolute Gasteiger partial charge is 0.487 e. The Morgan fingerprint density at radius 1 is 1.29 bits per heavy atom. The second-order valence-corrected chi connectivity index (χ2v) is 5.00. The molecule has 0 heterocycles. The zero-order chi connectivity index (χ0) is 15.8. The molecule has 0 fully saturated rings. The van der Waals surface area contributed by atoms with Gasteiger partial charge in [-0.05, 0) is 31.9 Å². The van der Waals surface area contributed by atoms with E-state index in [1.54, 1.807) is 25.1 Å². The van der Waals surface area contributed by atoms with Gasteiger partial charge in [0, 0.05) is 6.61 Å². The van der Waals surface area contributed by atoms with Crippen LogP contribution in [0.2, 0.25) is 0 Å². The maximum atomic E-state index is 11.3. The first-order chi connectivity index (χ1) is 10.0. The number of hydrogen-bond acceptors (Lipinski definition) is 5. The molecule has 6 heteroatoms. The van der Waals surface area contributed by atoms with Gasteiger partial charge < -0.3 is 14.8 Å². The normalized spacial score (nSPS) is 12.2. The van der Waals surface area contributed by atoms with Crippen LogP contribution in [-0.2, 0) is 4.74 Å². The summed E-state index contributed by atoms with van der Waals surface area (Å²) in [6.07, 6.45) is 0. The summed E-state index contributed by atoms with van der Waals surface area (Å²) in [5, 5.41) is 14.6. The summed E-state index contributed by atoms with van der Waals surface area (Å²) in [6, 6.07) is 5.06. The van der Waals surface area contributed by atoms with Crippen LogP contribution < -0.4 is 10.1 Å². The lowest BCUT2D eigenvalue weighted by Gasteiger charge is -2.23.